The molecule has 0 aliphatic rings. The highest BCUT2D eigenvalue weighted by molar-refractivity contribution is 5.92. The van der Waals surface area contributed by atoms with Crippen LogP contribution in [0.1, 0.15) is 18.9 Å². The number of nitrogens with one attached hydrogen (secondary N) is 1. The molecular weight excluding hydrogens is 210 g/mol. The zero-order chi connectivity index (χ0) is 12.0. The van der Waals surface area contributed by atoms with Gasteiger partial charge >= 0.3 is 0 Å². The smallest absolute Gasteiger partial charge is 0.293 e. The monoisotopic (exact) mass is 223 g/mol. The Balaban J connectivity index is 2.81. The van der Waals surface area contributed by atoms with Crippen molar-refractivity contribution in [1.82, 2.24) is 0 Å². The number of phenolic OH excluding ortho intramolecular Hbond substituents is 1. The quantitative estimate of drug-likeness (QED) is 0.584. The first-order valence-electron chi connectivity index (χ1n) is 4.84. The summed E-state index contributed by atoms with van der Waals surface area (Å²) in [5.41, 5.74) is 1.01. The lowest BCUT2D eigenvalue weighted by molar-refractivity contribution is -0.129. The number of phenols is 1. The van der Waals surface area contributed by atoms with Gasteiger partial charge in [0.05, 0.1) is 5.69 Å². The standard InChI is InChI=1S/C11H13NO4/c1-2-11(15)12-9-5-8(6-16-7-13)3-4-10(9)14/h3-5,7,14H,2,6H2,1H3,(H,12,15). The van der Waals surface area contributed by atoms with Crippen LogP contribution in [-0.2, 0) is 20.9 Å². The van der Waals surface area contributed by atoms with Crippen molar-refractivity contribution in [1.29, 1.82) is 0 Å². The molecule has 0 heterocycles. The van der Waals surface area contributed by atoms with Crippen LogP contribution in [-0.4, -0.2) is 17.5 Å². The van der Waals surface area contributed by atoms with Gasteiger partial charge in [-0.1, -0.05) is 13.0 Å². The molecule has 0 fully saturated rings. The summed E-state index contributed by atoms with van der Waals surface area (Å²) in [6.45, 7) is 2.17. The molecule has 1 rings (SSSR count). The van der Waals surface area contributed by atoms with Gasteiger partial charge in [-0.25, -0.2) is 0 Å². The van der Waals surface area contributed by atoms with Gasteiger partial charge in [0.15, 0.2) is 0 Å². The van der Waals surface area contributed by atoms with E-state index in [1.165, 1.54) is 6.07 Å². The third-order valence-electron chi connectivity index (χ3n) is 1.97. The molecule has 86 valence electrons. The molecule has 0 atom stereocenters. The van der Waals surface area contributed by atoms with Crippen molar-refractivity contribution in [3.05, 3.63) is 23.8 Å². The number of ether oxygens (including phenoxy) is 1. The van der Waals surface area contributed by atoms with Gasteiger partial charge in [0.25, 0.3) is 6.47 Å². The number of rotatable bonds is 5. The number of hydrogen-bond acceptors (Lipinski definition) is 4. The first kappa shape index (κ1) is 12.0. The Morgan fingerprint density at radius 3 is 2.94 bits per heavy atom. The summed E-state index contributed by atoms with van der Waals surface area (Å²) in [7, 11) is 0. The van der Waals surface area contributed by atoms with Crippen LogP contribution in [0.2, 0.25) is 0 Å². The molecule has 0 aromatic heterocycles. The van der Waals surface area contributed by atoms with Gasteiger partial charge in [-0.2, -0.15) is 0 Å². The predicted octanol–water partition coefficient (Wildman–Crippen LogP) is 1.41. The highest BCUT2D eigenvalue weighted by Gasteiger charge is 2.05. The van der Waals surface area contributed by atoms with Crippen molar-refractivity contribution in [2.45, 2.75) is 20.0 Å². The van der Waals surface area contributed by atoms with E-state index in [-0.39, 0.29) is 18.3 Å². The van der Waals surface area contributed by atoms with Crippen LogP contribution in [0.25, 0.3) is 0 Å². The van der Waals surface area contributed by atoms with Crippen molar-refractivity contribution in [3.63, 3.8) is 0 Å². The lowest BCUT2D eigenvalue weighted by atomic mass is 10.2. The van der Waals surface area contributed by atoms with E-state index in [1.54, 1.807) is 19.1 Å². The average Bonchev–Trinajstić information content (AvgIpc) is 2.30. The molecular formula is C11H13NO4. The lowest BCUT2D eigenvalue weighted by Gasteiger charge is -2.08. The van der Waals surface area contributed by atoms with Gasteiger partial charge in [-0.3, -0.25) is 9.59 Å². The molecule has 1 amide bonds. The normalized spacial score (nSPS) is 9.56. The molecule has 0 unspecified atom stereocenters. The predicted molar refractivity (Wildman–Crippen MR) is 57.9 cm³/mol. The Bertz CT molecular complexity index is 390. The summed E-state index contributed by atoms with van der Waals surface area (Å²) >= 11 is 0. The van der Waals surface area contributed by atoms with E-state index in [0.717, 1.165) is 0 Å². The van der Waals surface area contributed by atoms with Crippen LogP contribution in [0.3, 0.4) is 0 Å². The van der Waals surface area contributed by atoms with E-state index >= 15 is 0 Å². The summed E-state index contributed by atoms with van der Waals surface area (Å²) in [5, 5.41) is 12.0. The fraction of sp³-hybridized carbons (Fsp3) is 0.273. The van der Waals surface area contributed by atoms with Gasteiger partial charge in [-0.05, 0) is 17.7 Å². The molecule has 0 aliphatic heterocycles. The van der Waals surface area contributed by atoms with E-state index in [9.17, 15) is 14.7 Å². The van der Waals surface area contributed by atoms with E-state index in [1.807, 2.05) is 0 Å². The van der Waals surface area contributed by atoms with Crippen LogP contribution in [0.5, 0.6) is 5.75 Å². The first-order valence-corrected chi connectivity index (χ1v) is 4.84. The molecule has 5 nitrogen and oxygen atoms in total. The Hall–Kier alpha value is -2.04. The number of anilines is 1. The second-order valence-electron chi connectivity index (χ2n) is 3.16. The molecule has 0 saturated heterocycles. The maximum Gasteiger partial charge on any atom is 0.293 e. The Morgan fingerprint density at radius 2 is 2.31 bits per heavy atom. The molecule has 5 heteroatoms. The molecule has 2 N–H and O–H groups in total. The summed E-state index contributed by atoms with van der Waals surface area (Å²) in [5.74, 6) is -0.208. The van der Waals surface area contributed by atoms with Crippen molar-refractivity contribution >= 4 is 18.1 Å². The third-order valence-corrected chi connectivity index (χ3v) is 1.97. The zero-order valence-corrected chi connectivity index (χ0v) is 8.90. The van der Waals surface area contributed by atoms with Crippen LogP contribution >= 0.6 is 0 Å². The second kappa shape index (κ2) is 5.75. The third kappa shape index (κ3) is 3.27. The first-order chi connectivity index (χ1) is 7.67. The molecule has 0 aliphatic carbocycles. The Kier molecular flexibility index (Phi) is 4.32. The largest absolute Gasteiger partial charge is 0.506 e. The number of benzene rings is 1. The van der Waals surface area contributed by atoms with E-state index in [0.29, 0.717) is 24.1 Å². The fourth-order valence-electron chi connectivity index (χ4n) is 1.14. The number of aromatic hydroxyl groups is 1. The average molecular weight is 223 g/mol. The molecule has 0 spiro atoms. The number of carbonyl (C=O) groups excluding carboxylic acids is 2. The minimum atomic E-state index is -0.191. The minimum Gasteiger partial charge on any atom is -0.506 e. The van der Waals surface area contributed by atoms with Crippen molar-refractivity contribution in [3.8, 4) is 5.75 Å². The maximum absolute atomic E-state index is 11.1. The molecule has 0 radical (unpaired) electrons. The summed E-state index contributed by atoms with van der Waals surface area (Å²) in [6, 6.07) is 4.61. The highest BCUT2D eigenvalue weighted by Crippen LogP contribution is 2.24. The topological polar surface area (TPSA) is 75.6 Å². The molecule has 16 heavy (non-hydrogen) atoms. The number of carbonyl (C=O) groups is 2. The van der Waals surface area contributed by atoms with Gasteiger partial charge in [-0.15, -0.1) is 0 Å². The van der Waals surface area contributed by atoms with Crippen molar-refractivity contribution in [2.24, 2.45) is 0 Å². The Labute approximate surface area is 93.0 Å². The van der Waals surface area contributed by atoms with Crippen LogP contribution in [0.15, 0.2) is 18.2 Å². The fourth-order valence-corrected chi connectivity index (χ4v) is 1.14. The van der Waals surface area contributed by atoms with E-state index in [4.69, 9.17) is 0 Å². The number of hydrogen-bond donors (Lipinski definition) is 2. The molecule has 1 aromatic rings. The summed E-state index contributed by atoms with van der Waals surface area (Å²) in [6.07, 6.45) is 0.328. The second-order valence-corrected chi connectivity index (χ2v) is 3.16. The van der Waals surface area contributed by atoms with Gasteiger partial charge in [0, 0.05) is 6.42 Å². The highest BCUT2D eigenvalue weighted by atomic mass is 16.5. The van der Waals surface area contributed by atoms with Gasteiger partial charge < -0.3 is 15.2 Å². The van der Waals surface area contributed by atoms with Crippen LogP contribution in [0.4, 0.5) is 5.69 Å². The number of amides is 1. The maximum atomic E-state index is 11.1. The summed E-state index contributed by atoms with van der Waals surface area (Å²) < 4.78 is 4.57. The zero-order valence-electron chi connectivity index (χ0n) is 8.90. The van der Waals surface area contributed by atoms with E-state index in [2.05, 4.69) is 10.1 Å². The molecule has 0 bridgehead atoms. The summed E-state index contributed by atoms with van der Waals surface area (Å²) in [4.78, 5) is 21.2. The van der Waals surface area contributed by atoms with Crippen molar-refractivity contribution < 1.29 is 19.4 Å². The van der Waals surface area contributed by atoms with Gasteiger partial charge in [0.2, 0.25) is 5.91 Å². The molecule has 1 aromatic carbocycles. The van der Waals surface area contributed by atoms with Crippen molar-refractivity contribution in [2.75, 3.05) is 5.32 Å². The van der Waals surface area contributed by atoms with Crippen LogP contribution in [0, 0.1) is 0 Å². The van der Waals surface area contributed by atoms with Gasteiger partial charge in [0.1, 0.15) is 12.4 Å². The SMILES string of the molecule is CCC(=O)Nc1cc(COC=O)ccc1O. The lowest BCUT2D eigenvalue weighted by Crippen LogP contribution is -2.09. The van der Waals surface area contributed by atoms with E-state index < -0.39 is 0 Å². The Morgan fingerprint density at radius 1 is 1.56 bits per heavy atom. The molecule has 0 saturated carbocycles. The minimum absolute atomic E-state index is 0.0170. The van der Waals surface area contributed by atoms with Crippen LogP contribution < -0.4 is 5.32 Å².